The lowest BCUT2D eigenvalue weighted by Crippen LogP contribution is -2.23. The van der Waals surface area contributed by atoms with Crippen molar-refractivity contribution in [2.75, 3.05) is 6.61 Å². The van der Waals surface area contributed by atoms with Gasteiger partial charge in [0.05, 0.1) is 6.61 Å². The number of fused-ring (bicyclic) bond motifs is 1. The molecule has 0 bridgehead atoms. The van der Waals surface area contributed by atoms with Gasteiger partial charge < -0.3 is 4.74 Å². The fourth-order valence-electron chi connectivity index (χ4n) is 1.91. The van der Waals surface area contributed by atoms with E-state index in [1.807, 2.05) is 12.1 Å². The Balaban J connectivity index is 2.14. The van der Waals surface area contributed by atoms with Crippen LogP contribution in [0, 0.1) is 0 Å². The van der Waals surface area contributed by atoms with E-state index in [1.54, 1.807) is 18.2 Å². The van der Waals surface area contributed by atoms with Crippen molar-refractivity contribution in [3.63, 3.8) is 0 Å². The Hall–Kier alpha value is -1.90. The smallest absolute Gasteiger partial charge is 0.268 e. The molecule has 1 aliphatic carbocycles. The molecule has 0 N–H and O–H groups in total. The number of benzene rings is 1. The Bertz CT molecular complexity index is 500. The normalized spacial score (nSPS) is 14.2. The van der Waals surface area contributed by atoms with Gasteiger partial charge in [0, 0.05) is 5.56 Å². The summed E-state index contributed by atoms with van der Waals surface area (Å²) in [6, 6.07) is 7.08. The molecule has 1 aromatic carbocycles. The van der Waals surface area contributed by atoms with Crippen molar-refractivity contribution < 1.29 is 14.3 Å². The number of allylic oxidation sites excluding steroid dienone is 1. The molecule has 0 unspecified atom stereocenters. The molecule has 1 aliphatic rings. The summed E-state index contributed by atoms with van der Waals surface area (Å²) >= 11 is 0. The van der Waals surface area contributed by atoms with E-state index in [-0.39, 0.29) is 5.76 Å². The summed E-state index contributed by atoms with van der Waals surface area (Å²) in [6.07, 6.45) is 4.71. The van der Waals surface area contributed by atoms with Crippen LogP contribution in [0.1, 0.15) is 42.1 Å². The lowest BCUT2D eigenvalue weighted by molar-refractivity contribution is -0.115. The van der Waals surface area contributed by atoms with Crippen LogP contribution in [-0.2, 0) is 9.53 Å². The average Bonchev–Trinajstić information content (AvgIpc) is 2.40. The zero-order valence-electron chi connectivity index (χ0n) is 10.4. The molecule has 1 aromatic rings. The van der Waals surface area contributed by atoms with Crippen LogP contribution in [0.4, 0.5) is 0 Å². The first-order chi connectivity index (χ1) is 8.74. The predicted octanol–water partition coefficient (Wildman–Crippen LogP) is 3.00. The molecule has 0 amide bonds. The number of hydrogen-bond donors (Lipinski definition) is 0. The quantitative estimate of drug-likeness (QED) is 0.590. The van der Waals surface area contributed by atoms with E-state index < -0.39 is 11.6 Å². The number of carbonyl (C=O) groups excluding carboxylic acids is 2. The van der Waals surface area contributed by atoms with Gasteiger partial charge in [-0.25, -0.2) is 0 Å². The van der Waals surface area contributed by atoms with Gasteiger partial charge in [-0.3, -0.25) is 9.59 Å². The molecular weight excluding hydrogens is 228 g/mol. The van der Waals surface area contributed by atoms with E-state index in [1.165, 1.54) is 0 Å². The molecule has 2 rings (SSSR count). The number of Topliss-reactive ketones (excluding diaryl/α,β-unsaturated/α-hetero) is 2. The van der Waals surface area contributed by atoms with E-state index in [2.05, 4.69) is 6.92 Å². The molecule has 0 aromatic heterocycles. The minimum Gasteiger partial charge on any atom is -0.489 e. The second-order valence-electron chi connectivity index (χ2n) is 4.31. The summed E-state index contributed by atoms with van der Waals surface area (Å²) in [6.45, 7) is 2.59. The number of hydrogen-bond acceptors (Lipinski definition) is 3. The highest BCUT2D eigenvalue weighted by molar-refractivity contribution is 6.51. The number of rotatable bonds is 5. The van der Waals surface area contributed by atoms with Crippen molar-refractivity contribution in [3.05, 3.63) is 41.2 Å². The Morgan fingerprint density at radius 1 is 1.06 bits per heavy atom. The summed E-state index contributed by atoms with van der Waals surface area (Å²) in [7, 11) is 0. The van der Waals surface area contributed by atoms with Crippen molar-refractivity contribution in [1.82, 2.24) is 0 Å². The van der Waals surface area contributed by atoms with E-state index >= 15 is 0 Å². The molecule has 3 nitrogen and oxygen atoms in total. The van der Waals surface area contributed by atoms with Gasteiger partial charge in [-0.05, 0) is 18.1 Å². The minimum absolute atomic E-state index is 0.176. The standard InChI is InChI=1S/C15H16O3/c1-2-3-6-9-18-13-10-11-7-4-5-8-12(11)14(16)15(13)17/h4-5,7-8,10H,2-3,6,9H2,1H3. The first-order valence-electron chi connectivity index (χ1n) is 6.26. The van der Waals surface area contributed by atoms with Crippen LogP contribution in [0.5, 0.6) is 0 Å². The lowest BCUT2D eigenvalue weighted by Gasteiger charge is -2.15. The first-order valence-corrected chi connectivity index (χ1v) is 6.26. The highest BCUT2D eigenvalue weighted by Gasteiger charge is 2.28. The Morgan fingerprint density at radius 2 is 1.83 bits per heavy atom. The summed E-state index contributed by atoms with van der Waals surface area (Å²) in [5.41, 5.74) is 1.22. The van der Waals surface area contributed by atoms with Crippen LogP contribution < -0.4 is 0 Å². The molecule has 0 heterocycles. The SMILES string of the molecule is CCCCCOC1=Cc2ccccc2C(=O)C1=O. The molecule has 18 heavy (non-hydrogen) atoms. The fraction of sp³-hybridized carbons (Fsp3) is 0.333. The summed E-state index contributed by atoms with van der Waals surface area (Å²) in [4.78, 5) is 23.7. The average molecular weight is 244 g/mol. The topological polar surface area (TPSA) is 43.4 Å². The van der Waals surface area contributed by atoms with Gasteiger partial charge in [-0.2, -0.15) is 0 Å². The summed E-state index contributed by atoms with van der Waals surface area (Å²) in [5.74, 6) is -0.835. The number of unbranched alkanes of at least 4 members (excludes halogenated alkanes) is 2. The number of ketones is 2. The van der Waals surface area contributed by atoms with Gasteiger partial charge in [0.1, 0.15) is 0 Å². The largest absolute Gasteiger partial charge is 0.489 e. The maximum Gasteiger partial charge on any atom is 0.268 e. The van der Waals surface area contributed by atoms with Gasteiger partial charge in [-0.1, -0.05) is 44.0 Å². The van der Waals surface area contributed by atoms with Gasteiger partial charge in [0.15, 0.2) is 5.76 Å². The lowest BCUT2D eigenvalue weighted by atomic mass is 9.94. The van der Waals surface area contributed by atoms with Gasteiger partial charge >= 0.3 is 0 Å². The molecule has 0 saturated heterocycles. The van der Waals surface area contributed by atoms with Crippen molar-refractivity contribution in [1.29, 1.82) is 0 Å². The maximum atomic E-state index is 11.8. The Morgan fingerprint density at radius 3 is 2.61 bits per heavy atom. The van der Waals surface area contributed by atoms with Crippen molar-refractivity contribution >= 4 is 17.6 Å². The van der Waals surface area contributed by atoms with Crippen molar-refractivity contribution in [2.24, 2.45) is 0 Å². The number of ether oxygens (including phenoxy) is 1. The fourth-order valence-corrected chi connectivity index (χ4v) is 1.91. The van der Waals surface area contributed by atoms with Crippen LogP contribution in [0.15, 0.2) is 30.0 Å². The molecular formula is C15H16O3. The molecule has 0 saturated carbocycles. The zero-order chi connectivity index (χ0) is 13.0. The molecule has 94 valence electrons. The van der Waals surface area contributed by atoms with Crippen molar-refractivity contribution in [3.8, 4) is 0 Å². The number of carbonyl (C=O) groups is 2. The van der Waals surface area contributed by atoms with Crippen LogP contribution in [0.3, 0.4) is 0 Å². The van der Waals surface area contributed by atoms with E-state index in [4.69, 9.17) is 4.74 Å². The van der Waals surface area contributed by atoms with Crippen LogP contribution in [0.2, 0.25) is 0 Å². The first kappa shape index (κ1) is 12.6. The summed E-state index contributed by atoms with van der Waals surface area (Å²) in [5, 5.41) is 0. The Kier molecular flexibility index (Phi) is 3.92. The molecule has 0 radical (unpaired) electrons. The third kappa shape index (κ3) is 2.50. The molecule has 0 atom stereocenters. The maximum absolute atomic E-state index is 11.8. The highest BCUT2D eigenvalue weighted by atomic mass is 16.5. The minimum atomic E-state index is -0.537. The summed E-state index contributed by atoms with van der Waals surface area (Å²) < 4.78 is 5.42. The van der Waals surface area contributed by atoms with E-state index in [0.717, 1.165) is 24.8 Å². The molecule has 3 heteroatoms. The van der Waals surface area contributed by atoms with Gasteiger partial charge in [-0.15, -0.1) is 0 Å². The highest BCUT2D eigenvalue weighted by Crippen LogP contribution is 2.22. The molecule has 0 fully saturated rings. The third-order valence-corrected chi connectivity index (χ3v) is 2.93. The van der Waals surface area contributed by atoms with Gasteiger partial charge in [0.25, 0.3) is 5.78 Å². The Labute approximate surface area is 106 Å². The molecule has 0 aliphatic heterocycles. The second-order valence-corrected chi connectivity index (χ2v) is 4.31. The van der Waals surface area contributed by atoms with E-state index in [9.17, 15) is 9.59 Å². The zero-order valence-corrected chi connectivity index (χ0v) is 10.4. The van der Waals surface area contributed by atoms with Crippen LogP contribution in [-0.4, -0.2) is 18.2 Å². The van der Waals surface area contributed by atoms with Gasteiger partial charge in [0.2, 0.25) is 5.78 Å². The van der Waals surface area contributed by atoms with Crippen LogP contribution >= 0.6 is 0 Å². The van der Waals surface area contributed by atoms with Crippen LogP contribution in [0.25, 0.3) is 6.08 Å². The molecule has 0 spiro atoms. The second kappa shape index (κ2) is 5.63. The van der Waals surface area contributed by atoms with E-state index in [0.29, 0.717) is 12.2 Å². The van der Waals surface area contributed by atoms with Crippen molar-refractivity contribution in [2.45, 2.75) is 26.2 Å². The monoisotopic (exact) mass is 244 g/mol. The predicted molar refractivity (Wildman–Crippen MR) is 69.2 cm³/mol. The third-order valence-electron chi connectivity index (χ3n) is 2.93.